The molecule has 3 rings (SSSR count). The normalized spacial score (nSPS) is 17.3. The third kappa shape index (κ3) is 4.06. The maximum atomic E-state index is 12.7. The summed E-state index contributed by atoms with van der Waals surface area (Å²) in [7, 11) is -0.681. The highest BCUT2D eigenvalue weighted by atomic mass is 35.5. The van der Waals surface area contributed by atoms with Gasteiger partial charge in [0.05, 0.1) is 13.2 Å². The lowest BCUT2D eigenvalue weighted by Gasteiger charge is -2.19. The molecule has 1 aliphatic rings. The van der Waals surface area contributed by atoms with E-state index in [4.69, 9.17) is 21.1 Å². The van der Waals surface area contributed by atoms with E-state index < -0.39 is 10.0 Å². The number of hydrogen-bond acceptors (Lipinski definition) is 5. The Morgan fingerprint density at radius 2 is 1.88 bits per heavy atom. The highest BCUT2D eigenvalue weighted by molar-refractivity contribution is 7.92. The Hall–Kier alpha value is -1.96. The number of rotatable bonds is 6. The lowest BCUT2D eigenvalue weighted by Crippen LogP contribution is -2.22. The summed E-state index contributed by atoms with van der Waals surface area (Å²) in [5.74, 6) is 0.237. The molecule has 2 aromatic carbocycles. The Labute approximate surface area is 158 Å². The smallest absolute Gasteiger partial charge is 0.265 e. The van der Waals surface area contributed by atoms with E-state index in [2.05, 4.69) is 9.62 Å². The van der Waals surface area contributed by atoms with Gasteiger partial charge in [-0.05, 0) is 48.9 Å². The number of methoxy groups -OCH3 is 2. The minimum atomic E-state index is -3.82. The molecule has 0 radical (unpaired) electrons. The number of nitrogens with one attached hydrogen (secondary N) is 1. The van der Waals surface area contributed by atoms with Crippen LogP contribution in [0.5, 0.6) is 5.75 Å². The molecule has 1 aliphatic heterocycles. The zero-order valence-corrected chi connectivity index (χ0v) is 16.2. The third-order valence-corrected chi connectivity index (χ3v) is 6.02. The van der Waals surface area contributed by atoms with Crippen LogP contribution in [0, 0.1) is 0 Å². The van der Waals surface area contributed by atoms with Gasteiger partial charge in [-0.1, -0.05) is 11.6 Å². The number of hydrogen-bond donors (Lipinski definition) is 1. The minimum absolute atomic E-state index is 0.000874. The Morgan fingerprint density at radius 1 is 1.15 bits per heavy atom. The van der Waals surface area contributed by atoms with Gasteiger partial charge in [0.1, 0.15) is 10.6 Å². The van der Waals surface area contributed by atoms with Crippen LogP contribution in [0.25, 0.3) is 0 Å². The van der Waals surface area contributed by atoms with Crippen LogP contribution < -0.4 is 14.4 Å². The summed E-state index contributed by atoms with van der Waals surface area (Å²) in [5, 5.41) is 0.322. The van der Waals surface area contributed by atoms with Crippen LogP contribution in [-0.4, -0.2) is 41.8 Å². The van der Waals surface area contributed by atoms with Crippen molar-refractivity contribution < 1.29 is 17.9 Å². The fraction of sp³-hybridized carbons (Fsp3) is 0.333. The third-order valence-electron chi connectivity index (χ3n) is 4.38. The molecule has 0 bridgehead atoms. The molecule has 6 nitrogen and oxygen atoms in total. The maximum absolute atomic E-state index is 12.7. The Morgan fingerprint density at radius 3 is 2.50 bits per heavy atom. The monoisotopic (exact) mass is 396 g/mol. The average Bonchev–Trinajstić information content (AvgIpc) is 3.11. The molecular weight excluding hydrogens is 376 g/mol. The fourth-order valence-corrected chi connectivity index (χ4v) is 4.46. The van der Waals surface area contributed by atoms with Crippen molar-refractivity contribution in [3.8, 4) is 5.75 Å². The van der Waals surface area contributed by atoms with E-state index in [-0.39, 0.29) is 16.7 Å². The van der Waals surface area contributed by atoms with E-state index in [0.29, 0.717) is 10.7 Å². The minimum Gasteiger partial charge on any atom is -0.495 e. The van der Waals surface area contributed by atoms with Crippen molar-refractivity contribution in [2.45, 2.75) is 17.4 Å². The van der Waals surface area contributed by atoms with Crippen molar-refractivity contribution in [1.29, 1.82) is 0 Å². The van der Waals surface area contributed by atoms with Crippen molar-refractivity contribution in [2.75, 3.05) is 36.9 Å². The summed E-state index contributed by atoms with van der Waals surface area (Å²) in [6, 6.07) is 11.7. The van der Waals surface area contributed by atoms with Gasteiger partial charge in [0.2, 0.25) is 0 Å². The summed E-state index contributed by atoms with van der Waals surface area (Å²) in [6.45, 7) is 1.75. The zero-order valence-electron chi connectivity index (χ0n) is 14.6. The first-order chi connectivity index (χ1) is 12.4. The van der Waals surface area contributed by atoms with Gasteiger partial charge in [0.15, 0.2) is 0 Å². The molecule has 26 heavy (non-hydrogen) atoms. The van der Waals surface area contributed by atoms with Crippen molar-refractivity contribution >= 4 is 33.0 Å². The molecule has 2 aromatic rings. The molecule has 1 heterocycles. The van der Waals surface area contributed by atoms with E-state index in [9.17, 15) is 8.42 Å². The van der Waals surface area contributed by atoms with E-state index in [1.165, 1.54) is 19.2 Å². The first-order valence-corrected chi connectivity index (χ1v) is 10.0. The Bertz CT molecular complexity index is 871. The van der Waals surface area contributed by atoms with Crippen LogP contribution in [0.4, 0.5) is 11.4 Å². The molecule has 0 aliphatic carbocycles. The van der Waals surface area contributed by atoms with E-state index in [1.807, 2.05) is 12.1 Å². The highest BCUT2D eigenvalue weighted by Crippen LogP contribution is 2.29. The summed E-state index contributed by atoms with van der Waals surface area (Å²) in [4.78, 5) is 2.21. The Balaban J connectivity index is 1.77. The molecule has 1 saturated heterocycles. The summed E-state index contributed by atoms with van der Waals surface area (Å²) >= 11 is 5.94. The van der Waals surface area contributed by atoms with Crippen LogP contribution in [0.1, 0.15) is 6.42 Å². The van der Waals surface area contributed by atoms with Gasteiger partial charge in [-0.3, -0.25) is 4.72 Å². The molecule has 0 spiro atoms. The van der Waals surface area contributed by atoms with Crippen LogP contribution in [0.3, 0.4) is 0 Å². The van der Waals surface area contributed by atoms with Gasteiger partial charge in [0.25, 0.3) is 10.0 Å². The van der Waals surface area contributed by atoms with Crippen LogP contribution in [-0.2, 0) is 14.8 Å². The van der Waals surface area contributed by atoms with Crippen molar-refractivity contribution in [3.63, 3.8) is 0 Å². The largest absolute Gasteiger partial charge is 0.495 e. The molecule has 0 aromatic heterocycles. The topological polar surface area (TPSA) is 67.9 Å². The number of ether oxygens (including phenoxy) is 2. The summed E-state index contributed by atoms with van der Waals surface area (Å²) in [6.07, 6.45) is 1.22. The molecule has 8 heteroatoms. The second-order valence-corrected chi connectivity index (χ2v) is 8.13. The molecule has 1 atom stereocenters. The summed E-state index contributed by atoms with van der Waals surface area (Å²) in [5.41, 5.74) is 1.51. The standard InChI is InChI=1S/C18H21ClN2O4S/c1-24-16-9-10-21(12-16)15-6-4-14(5-7-15)20-26(22,23)18-11-13(19)3-8-17(18)25-2/h3-8,11,16,20H,9-10,12H2,1-2H3. The number of nitrogens with zero attached hydrogens (tertiary/aromatic N) is 1. The zero-order chi connectivity index (χ0) is 18.7. The lowest BCUT2D eigenvalue weighted by molar-refractivity contribution is 0.121. The number of benzene rings is 2. The van der Waals surface area contributed by atoms with Gasteiger partial charge in [-0.2, -0.15) is 0 Å². The molecule has 1 unspecified atom stereocenters. The quantitative estimate of drug-likeness (QED) is 0.810. The van der Waals surface area contributed by atoms with Crippen molar-refractivity contribution in [1.82, 2.24) is 0 Å². The molecular formula is C18H21ClN2O4S. The predicted molar refractivity (Wildman–Crippen MR) is 103 cm³/mol. The molecule has 1 fully saturated rings. The molecule has 0 saturated carbocycles. The Kier molecular flexibility index (Phi) is 5.60. The van der Waals surface area contributed by atoms with Gasteiger partial charge in [-0.25, -0.2) is 8.42 Å². The molecule has 0 amide bonds. The van der Waals surface area contributed by atoms with Gasteiger partial charge >= 0.3 is 0 Å². The number of sulfonamides is 1. The first-order valence-electron chi connectivity index (χ1n) is 8.17. The molecule has 1 N–H and O–H groups in total. The predicted octanol–water partition coefficient (Wildman–Crippen LogP) is 3.37. The fourth-order valence-electron chi connectivity index (χ4n) is 2.97. The SMILES string of the molecule is COc1ccc(Cl)cc1S(=O)(=O)Nc1ccc(N2CCC(OC)C2)cc1. The second-order valence-electron chi connectivity index (χ2n) is 6.04. The number of anilines is 2. The van der Waals surface area contributed by atoms with Crippen LogP contribution >= 0.6 is 11.6 Å². The van der Waals surface area contributed by atoms with Crippen molar-refractivity contribution in [2.24, 2.45) is 0 Å². The second kappa shape index (κ2) is 7.73. The van der Waals surface area contributed by atoms with Crippen LogP contribution in [0.15, 0.2) is 47.4 Å². The number of halogens is 1. The van der Waals surface area contributed by atoms with E-state index in [1.54, 1.807) is 25.3 Å². The van der Waals surface area contributed by atoms with Gasteiger partial charge in [-0.15, -0.1) is 0 Å². The highest BCUT2D eigenvalue weighted by Gasteiger charge is 2.23. The van der Waals surface area contributed by atoms with Crippen LogP contribution in [0.2, 0.25) is 5.02 Å². The van der Waals surface area contributed by atoms with Gasteiger partial charge < -0.3 is 14.4 Å². The average molecular weight is 397 g/mol. The summed E-state index contributed by atoms with van der Waals surface area (Å²) < 4.78 is 38.4. The molecule has 140 valence electrons. The lowest BCUT2D eigenvalue weighted by atomic mass is 10.2. The maximum Gasteiger partial charge on any atom is 0.265 e. The van der Waals surface area contributed by atoms with E-state index >= 15 is 0 Å². The van der Waals surface area contributed by atoms with Crippen molar-refractivity contribution in [3.05, 3.63) is 47.5 Å². The van der Waals surface area contributed by atoms with E-state index in [0.717, 1.165) is 25.2 Å². The van der Waals surface area contributed by atoms with Gasteiger partial charge in [0, 0.05) is 36.6 Å². The first kappa shape index (κ1) is 18.8.